The molecular weight excluding hydrogens is 256 g/mol. The Hall–Kier alpha value is -1.75. The second-order valence-electron chi connectivity index (χ2n) is 5.26. The van der Waals surface area contributed by atoms with Crippen molar-refractivity contribution in [3.63, 3.8) is 0 Å². The molecule has 0 saturated carbocycles. The highest BCUT2D eigenvalue weighted by molar-refractivity contribution is 5.73. The van der Waals surface area contributed by atoms with E-state index in [0.29, 0.717) is 11.8 Å². The lowest BCUT2D eigenvalue weighted by Crippen LogP contribution is -2.43. The number of benzene rings is 1. The summed E-state index contributed by atoms with van der Waals surface area (Å²) >= 11 is 0. The van der Waals surface area contributed by atoms with Crippen LogP contribution in [-0.2, 0) is 11.3 Å². The van der Waals surface area contributed by atoms with E-state index in [1.807, 2.05) is 6.07 Å². The number of methoxy groups -OCH3 is 1. The summed E-state index contributed by atoms with van der Waals surface area (Å²) in [5, 5.41) is 12.7. The molecule has 0 bridgehead atoms. The molecule has 0 unspecified atom stereocenters. The highest BCUT2D eigenvalue weighted by Crippen LogP contribution is 2.27. The van der Waals surface area contributed by atoms with Crippen molar-refractivity contribution in [1.82, 2.24) is 10.2 Å². The zero-order valence-corrected chi connectivity index (χ0v) is 12.1. The predicted octanol–water partition coefficient (Wildman–Crippen LogP) is 1.50. The number of nitrogens with one attached hydrogen (secondary N) is 1. The summed E-state index contributed by atoms with van der Waals surface area (Å²) in [7, 11) is 1.54. The summed E-state index contributed by atoms with van der Waals surface area (Å²) in [5.74, 6) is 0.722. The lowest BCUT2D eigenvalue weighted by Gasteiger charge is -2.32. The third-order valence-electron chi connectivity index (χ3n) is 3.64. The first-order valence-electron chi connectivity index (χ1n) is 6.94. The van der Waals surface area contributed by atoms with Gasteiger partial charge in [0.25, 0.3) is 0 Å². The molecule has 0 atom stereocenters. The van der Waals surface area contributed by atoms with Crippen LogP contribution in [0.4, 0.5) is 0 Å². The second-order valence-corrected chi connectivity index (χ2v) is 5.26. The Bertz CT molecular complexity index is 468. The van der Waals surface area contributed by atoms with E-state index in [0.717, 1.165) is 38.0 Å². The van der Waals surface area contributed by atoms with Gasteiger partial charge in [-0.15, -0.1) is 0 Å². The van der Waals surface area contributed by atoms with Gasteiger partial charge in [-0.2, -0.15) is 0 Å². The quantitative estimate of drug-likeness (QED) is 0.876. The van der Waals surface area contributed by atoms with Crippen LogP contribution in [0.3, 0.4) is 0 Å². The Labute approximate surface area is 119 Å². The van der Waals surface area contributed by atoms with Crippen LogP contribution in [-0.4, -0.2) is 42.2 Å². The largest absolute Gasteiger partial charge is 0.504 e. The van der Waals surface area contributed by atoms with Crippen molar-refractivity contribution in [2.45, 2.75) is 32.4 Å². The molecule has 0 radical (unpaired) electrons. The molecule has 5 nitrogen and oxygen atoms in total. The van der Waals surface area contributed by atoms with E-state index >= 15 is 0 Å². The van der Waals surface area contributed by atoms with Crippen molar-refractivity contribution < 1.29 is 14.6 Å². The maximum Gasteiger partial charge on any atom is 0.217 e. The standard InChI is InChI=1S/C15H22N2O3/c1-11(18)16-13-5-7-17(8-6-13)10-12-3-4-15(20-2)14(19)9-12/h3-4,9,13,19H,5-8,10H2,1-2H3,(H,16,18). The molecule has 20 heavy (non-hydrogen) atoms. The molecule has 1 aromatic carbocycles. The number of carbonyl (C=O) groups is 1. The first kappa shape index (κ1) is 14.7. The highest BCUT2D eigenvalue weighted by Gasteiger charge is 2.19. The Morgan fingerprint density at radius 2 is 2.15 bits per heavy atom. The third kappa shape index (κ3) is 3.87. The number of aromatic hydroxyl groups is 1. The number of likely N-dealkylation sites (tertiary alicyclic amines) is 1. The van der Waals surface area contributed by atoms with Crippen LogP contribution in [0.5, 0.6) is 11.5 Å². The van der Waals surface area contributed by atoms with E-state index in [-0.39, 0.29) is 11.7 Å². The minimum atomic E-state index is 0.0449. The van der Waals surface area contributed by atoms with Crippen LogP contribution in [0.2, 0.25) is 0 Å². The van der Waals surface area contributed by atoms with Crippen LogP contribution < -0.4 is 10.1 Å². The van der Waals surface area contributed by atoms with Crippen molar-refractivity contribution in [2.24, 2.45) is 0 Å². The third-order valence-corrected chi connectivity index (χ3v) is 3.64. The molecule has 1 fully saturated rings. The first-order valence-corrected chi connectivity index (χ1v) is 6.94. The molecule has 5 heteroatoms. The number of amides is 1. The molecule has 1 heterocycles. The monoisotopic (exact) mass is 278 g/mol. The van der Waals surface area contributed by atoms with Crippen molar-refractivity contribution in [2.75, 3.05) is 20.2 Å². The number of phenols is 1. The van der Waals surface area contributed by atoms with Gasteiger partial charge in [0.1, 0.15) is 0 Å². The maximum atomic E-state index is 11.0. The molecule has 1 aliphatic rings. The van der Waals surface area contributed by atoms with Crippen LogP contribution in [0.25, 0.3) is 0 Å². The average molecular weight is 278 g/mol. The summed E-state index contributed by atoms with van der Waals surface area (Å²) in [5.41, 5.74) is 1.07. The lowest BCUT2D eigenvalue weighted by molar-refractivity contribution is -0.119. The molecule has 0 aromatic heterocycles. The number of carbonyl (C=O) groups excluding carboxylic acids is 1. The van der Waals surface area contributed by atoms with E-state index in [1.54, 1.807) is 26.2 Å². The Kier molecular flexibility index (Phi) is 4.84. The van der Waals surface area contributed by atoms with Crippen molar-refractivity contribution in [3.8, 4) is 11.5 Å². The van der Waals surface area contributed by atoms with Gasteiger partial charge in [-0.25, -0.2) is 0 Å². The second kappa shape index (κ2) is 6.61. The van der Waals surface area contributed by atoms with Gasteiger partial charge in [-0.1, -0.05) is 6.07 Å². The Balaban J connectivity index is 1.86. The van der Waals surface area contributed by atoms with Gasteiger partial charge in [-0.05, 0) is 30.5 Å². The summed E-state index contributed by atoms with van der Waals surface area (Å²) in [6.07, 6.45) is 1.95. The van der Waals surface area contributed by atoms with Crippen LogP contribution in [0.1, 0.15) is 25.3 Å². The molecule has 1 saturated heterocycles. The predicted molar refractivity (Wildman–Crippen MR) is 76.8 cm³/mol. The fourth-order valence-electron chi connectivity index (χ4n) is 2.61. The molecule has 0 aliphatic carbocycles. The fraction of sp³-hybridized carbons (Fsp3) is 0.533. The topological polar surface area (TPSA) is 61.8 Å². The highest BCUT2D eigenvalue weighted by atomic mass is 16.5. The van der Waals surface area contributed by atoms with E-state index in [9.17, 15) is 9.90 Å². The van der Waals surface area contributed by atoms with E-state index < -0.39 is 0 Å². The summed E-state index contributed by atoms with van der Waals surface area (Å²) < 4.78 is 5.04. The number of rotatable bonds is 4. The number of hydrogen-bond donors (Lipinski definition) is 2. The number of hydrogen-bond acceptors (Lipinski definition) is 4. The Morgan fingerprint density at radius 1 is 1.45 bits per heavy atom. The van der Waals surface area contributed by atoms with Gasteiger partial charge < -0.3 is 15.2 Å². The molecule has 2 rings (SSSR count). The molecule has 1 amide bonds. The molecule has 2 N–H and O–H groups in total. The van der Waals surface area contributed by atoms with Crippen molar-refractivity contribution in [3.05, 3.63) is 23.8 Å². The Morgan fingerprint density at radius 3 is 2.70 bits per heavy atom. The van der Waals surface area contributed by atoms with Gasteiger partial charge in [0.05, 0.1) is 7.11 Å². The van der Waals surface area contributed by atoms with Gasteiger partial charge >= 0.3 is 0 Å². The van der Waals surface area contributed by atoms with Crippen molar-refractivity contribution in [1.29, 1.82) is 0 Å². The lowest BCUT2D eigenvalue weighted by atomic mass is 10.0. The summed E-state index contributed by atoms with van der Waals surface area (Å²) in [6.45, 7) is 4.28. The van der Waals surface area contributed by atoms with E-state index in [1.165, 1.54) is 0 Å². The van der Waals surface area contributed by atoms with Gasteiger partial charge in [0, 0.05) is 32.6 Å². The van der Waals surface area contributed by atoms with Crippen LogP contribution >= 0.6 is 0 Å². The number of nitrogens with zero attached hydrogens (tertiary/aromatic N) is 1. The van der Waals surface area contributed by atoms with Gasteiger partial charge in [0.2, 0.25) is 5.91 Å². The number of phenolic OH excluding ortho intramolecular Hbond substituents is 1. The smallest absolute Gasteiger partial charge is 0.217 e. The number of piperidine rings is 1. The average Bonchev–Trinajstić information content (AvgIpc) is 2.41. The normalized spacial score (nSPS) is 16.9. The maximum absolute atomic E-state index is 11.0. The first-order chi connectivity index (χ1) is 9.58. The molecule has 1 aromatic rings. The van der Waals surface area contributed by atoms with E-state index in [4.69, 9.17) is 4.74 Å². The summed E-state index contributed by atoms with van der Waals surface area (Å²) in [4.78, 5) is 13.4. The minimum Gasteiger partial charge on any atom is -0.504 e. The zero-order chi connectivity index (χ0) is 14.5. The van der Waals surface area contributed by atoms with E-state index in [2.05, 4.69) is 10.2 Å². The van der Waals surface area contributed by atoms with Crippen LogP contribution in [0.15, 0.2) is 18.2 Å². The van der Waals surface area contributed by atoms with Gasteiger partial charge in [-0.3, -0.25) is 9.69 Å². The summed E-state index contributed by atoms with van der Waals surface area (Å²) in [6, 6.07) is 5.80. The molecule has 0 spiro atoms. The molecule has 1 aliphatic heterocycles. The zero-order valence-electron chi connectivity index (χ0n) is 12.1. The van der Waals surface area contributed by atoms with Crippen molar-refractivity contribution >= 4 is 5.91 Å². The molecule has 110 valence electrons. The number of ether oxygens (including phenoxy) is 1. The fourth-order valence-corrected chi connectivity index (χ4v) is 2.61. The SMILES string of the molecule is COc1ccc(CN2CCC(NC(C)=O)CC2)cc1O. The molecular formula is C15H22N2O3. The van der Waals surface area contributed by atoms with Gasteiger partial charge in [0.15, 0.2) is 11.5 Å². The minimum absolute atomic E-state index is 0.0449. The van der Waals surface area contributed by atoms with Crippen LogP contribution in [0, 0.1) is 0 Å².